The first-order chi connectivity index (χ1) is 8.33. The van der Waals surface area contributed by atoms with Crippen LogP contribution in [-0.4, -0.2) is 39.0 Å². The quantitative estimate of drug-likeness (QED) is 0.566. The molecule has 0 aliphatic heterocycles. The zero-order valence-electron chi connectivity index (χ0n) is 11.7. The van der Waals surface area contributed by atoms with E-state index in [0.717, 1.165) is 32.1 Å². The van der Waals surface area contributed by atoms with Crippen molar-refractivity contribution in [1.82, 2.24) is 5.32 Å². The third-order valence-corrected chi connectivity index (χ3v) is 3.42. The van der Waals surface area contributed by atoms with E-state index in [0.29, 0.717) is 12.1 Å². The van der Waals surface area contributed by atoms with Gasteiger partial charge in [0.2, 0.25) is 0 Å². The molecule has 0 heterocycles. The molecule has 0 aromatic carbocycles. The maximum Gasteiger partial charge on any atom is 0.0755 e. The molecule has 1 saturated carbocycles. The van der Waals surface area contributed by atoms with Crippen molar-refractivity contribution in [3.05, 3.63) is 0 Å². The average molecular weight is 243 g/mol. The number of hydrogen-bond donors (Lipinski definition) is 1. The molecule has 1 N–H and O–H groups in total. The molecule has 1 aliphatic carbocycles. The Labute approximate surface area is 106 Å². The number of ether oxygens (including phenoxy) is 2. The summed E-state index contributed by atoms with van der Waals surface area (Å²) < 4.78 is 11.0. The highest BCUT2D eigenvalue weighted by molar-refractivity contribution is 4.90. The highest BCUT2D eigenvalue weighted by atomic mass is 16.5. The summed E-state index contributed by atoms with van der Waals surface area (Å²) >= 11 is 0. The van der Waals surface area contributed by atoms with E-state index in [4.69, 9.17) is 9.47 Å². The van der Waals surface area contributed by atoms with Crippen LogP contribution in [0.4, 0.5) is 0 Å². The highest BCUT2D eigenvalue weighted by Gasteiger charge is 2.36. The van der Waals surface area contributed by atoms with Crippen LogP contribution in [0.25, 0.3) is 0 Å². The van der Waals surface area contributed by atoms with Crippen LogP contribution in [-0.2, 0) is 9.47 Å². The van der Waals surface area contributed by atoms with Gasteiger partial charge in [0.25, 0.3) is 0 Å². The van der Waals surface area contributed by atoms with Gasteiger partial charge in [-0.15, -0.1) is 0 Å². The van der Waals surface area contributed by atoms with Gasteiger partial charge in [0.1, 0.15) is 0 Å². The normalized spacial score (nSPS) is 19.2. The summed E-state index contributed by atoms with van der Waals surface area (Å²) in [5.41, 5.74) is 0. The van der Waals surface area contributed by atoms with E-state index in [2.05, 4.69) is 19.2 Å². The Kier molecular flexibility index (Phi) is 7.82. The molecule has 1 aliphatic rings. The minimum atomic E-state index is 0.433. The number of likely N-dealkylation sites (N-methyl/N-ethyl adjacent to an activating group) is 1. The Bertz CT molecular complexity index is 183. The lowest BCUT2D eigenvalue weighted by Crippen LogP contribution is -2.42. The zero-order valence-corrected chi connectivity index (χ0v) is 11.7. The first kappa shape index (κ1) is 14.9. The molecule has 0 aromatic rings. The Morgan fingerprint density at radius 2 is 2.00 bits per heavy atom. The molecule has 0 aromatic heterocycles. The van der Waals surface area contributed by atoms with Gasteiger partial charge in [-0.2, -0.15) is 0 Å². The molecule has 0 bridgehead atoms. The summed E-state index contributed by atoms with van der Waals surface area (Å²) in [6.45, 7) is 7.02. The molecule has 3 heteroatoms. The second-order valence-electron chi connectivity index (χ2n) is 4.91. The van der Waals surface area contributed by atoms with Crippen LogP contribution in [0.2, 0.25) is 0 Å². The van der Waals surface area contributed by atoms with E-state index in [1.54, 1.807) is 7.11 Å². The molecule has 102 valence electrons. The van der Waals surface area contributed by atoms with Crippen LogP contribution in [0.5, 0.6) is 0 Å². The van der Waals surface area contributed by atoms with E-state index in [1.165, 1.54) is 25.7 Å². The van der Waals surface area contributed by atoms with Crippen molar-refractivity contribution >= 4 is 0 Å². The number of hydrogen-bond acceptors (Lipinski definition) is 3. The molecule has 2 unspecified atom stereocenters. The first-order valence-electron chi connectivity index (χ1n) is 7.17. The molecule has 0 radical (unpaired) electrons. The van der Waals surface area contributed by atoms with Crippen LogP contribution < -0.4 is 5.32 Å². The monoisotopic (exact) mass is 243 g/mol. The fourth-order valence-electron chi connectivity index (χ4n) is 2.45. The van der Waals surface area contributed by atoms with Gasteiger partial charge in [0, 0.05) is 26.4 Å². The first-order valence-corrected chi connectivity index (χ1v) is 7.17. The molecule has 2 atom stereocenters. The van der Waals surface area contributed by atoms with Gasteiger partial charge >= 0.3 is 0 Å². The number of methoxy groups -OCH3 is 1. The summed E-state index contributed by atoms with van der Waals surface area (Å²) in [4.78, 5) is 0. The summed E-state index contributed by atoms with van der Waals surface area (Å²) in [6.07, 6.45) is 6.72. The minimum Gasteiger partial charge on any atom is -0.385 e. The number of rotatable bonds is 11. The van der Waals surface area contributed by atoms with E-state index < -0.39 is 0 Å². The van der Waals surface area contributed by atoms with Gasteiger partial charge in [0.15, 0.2) is 0 Å². The Balaban J connectivity index is 2.32. The predicted octanol–water partition coefficient (Wildman–Crippen LogP) is 2.60. The molecule has 1 fully saturated rings. The van der Waals surface area contributed by atoms with Crippen LogP contribution in [0, 0.1) is 5.92 Å². The molecule has 17 heavy (non-hydrogen) atoms. The molecule has 0 saturated heterocycles. The predicted molar refractivity (Wildman–Crippen MR) is 71.3 cm³/mol. The van der Waals surface area contributed by atoms with Crippen molar-refractivity contribution in [2.75, 3.05) is 26.9 Å². The van der Waals surface area contributed by atoms with Gasteiger partial charge in [-0.25, -0.2) is 0 Å². The Hall–Kier alpha value is -0.120. The third kappa shape index (κ3) is 5.84. The fraction of sp³-hybridized carbons (Fsp3) is 1.00. The van der Waals surface area contributed by atoms with Crippen LogP contribution in [0.1, 0.15) is 46.0 Å². The van der Waals surface area contributed by atoms with Crippen molar-refractivity contribution in [2.24, 2.45) is 5.92 Å². The summed E-state index contributed by atoms with van der Waals surface area (Å²) in [6, 6.07) is 0.532. The largest absolute Gasteiger partial charge is 0.385 e. The van der Waals surface area contributed by atoms with Crippen LogP contribution in [0.15, 0.2) is 0 Å². The van der Waals surface area contributed by atoms with Crippen LogP contribution >= 0.6 is 0 Å². The van der Waals surface area contributed by atoms with Crippen molar-refractivity contribution < 1.29 is 9.47 Å². The van der Waals surface area contributed by atoms with Gasteiger partial charge in [-0.05, 0) is 51.5 Å². The smallest absolute Gasteiger partial charge is 0.0755 e. The summed E-state index contributed by atoms with van der Waals surface area (Å²) in [7, 11) is 1.77. The Morgan fingerprint density at radius 3 is 2.53 bits per heavy atom. The molecule has 3 nitrogen and oxygen atoms in total. The van der Waals surface area contributed by atoms with Crippen LogP contribution in [0.3, 0.4) is 0 Å². The average Bonchev–Trinajstić information content (AvgIpc) is 3.14. The standard InChI is InChI=1S/C14H29NO2/c1-4-15-13(8-6-7-11-16-3)14(17-5-2)12-9-10-12/h12-15H,4-11H2,1-3H3. The number of nitrogens with one attached hydrogen (secondary N) is 1. The molecular weight excluding hydrogens is 214 g/mol. The highest BCUT2D eigenvalue weighted by Crippen LogP contribution is 2.36. The van der Waals surface area contributed by atoms with Gasteiger partial charge in [-0.3, -0.25) is 0 Å². The van der Waals surface area contributed by atoms with E-state index in [9.17, 15) is 0 Å². The molecule has 0 spiro atoms. The van der Waals surface area contributed by atoms with Crippen molar-refractivity contribution in [3.8, 4) is 0 Å². The summed E-state index contributed by atoms with van der Waals surface area (Å²) in [5, 5.41) is 3.60. The minimum absolute atomic E-state index is 0.433. The van der Waals surface area contributed by atoms with Crippen molar-refractivity contribution in [1.29, 1.82) is 0 Å². The van der Waals surface area contributed by atoms with E-state index in [1.807, 2.05) is 0 Å². The SMILES string of the molecule is CCNC(CCCCOC)C(OCC)C1CC1. The van der Waals surface area contributed by atoms with E-state index >= 15 is 0 Å². The molecule has 1 rings (SSSR count). The van der Waals surface area contributed by atoms with Gasteiger partial charge in [-0.1, -0.05) is 6.92 Å². The molecule has 0 amide bonds. The fourth-order valence-corrected chi connectivity index (χ4v) is 2.45. The zero-order chi connectivity index (χ0) is 12.5. The number of unbranched alkanes of at least 4 members (excludes halogenated alkanes) is 1. The second kappa shape index (κ2) is 8.90. The van der Waals surface area contributed by atoms with Gasteiger partial charge in [0.05, 0.1) is 6.10 Å². The summed E-state index contributed by atoms with van der Waals surface area (Å²) in [5.74, 6) is 0.807. The topological polar surface area (TPSA) is 30.5 Å². The lowest BCUT2D eigenvalue weighted by molar-refractivity contribution is 0.0164. The Morgan fingerprint density at radius 1 is 1.24 bits per heavy atom. The lowest BCUT2D eigenvalue weighted by Gasteiger charge is -2.28. The third-order valence-electron chi connectivity index (χ3n) is 3.42. The lowest BCUT2D eigenvalue weighted by atomic mass is 10.00. The molecular formula is C14H29NO2. The van der Waals surface area contributed by atoms with E-state index in [-0.39, 0.29) is 0 Å². The maximum atomic E-state index is 5.94. The van der Waals surface area contributed by atoms with Crippen molar-refractivity contribution in [3.63, 3.8) is 0 Å². The van der Waals surface area contributed by atoms with Crippen molar-refractivity contribution in [2.45, 2.75) is 58.1 Å². The maximum absolute atomic E-state index is 5.94. The second-order valence-corrected chi connectivity index (χ2v) is 4.91. The van der Waals surface area contributed by atoms with Gasteiger partial charge < -0.3 is 14.8 Å².